The Balaban J connectivity index is 1.83. The molecule has 0 unspecified atom stereocenters. The van der Waals surface area contributed by atoms with Gasteiger partial charge in [-0.1, -0.05) is 12.1 Å². The summed E-state index contributed by atoms with van der Waals surface area (Å²) in [6, 6.07) is 8.07. The molecule has 21 heavy (non-hydrogen) atoms. The van der Waals surface area contributed by atoms with Crippen molar-refractivity contribution in [1.29, 1.82) is 0 Å². The highest BCUT2D eigenvalue weighted by Crippen LogP contribution is 2.27. The lowest BCUT2D eigenvalue weighted by Crippen LogP contribution is -2.34. The largest absolute Gasteiger partial charge is 0.357 e. The van der Waals surface area contributed by atoms with E-state index in [0.717, 1.165) is 35.6 Å². The zero-order valence-corrected chi connectivity index (χ0v) is 11.7. The van der Waals surface area contributed by atoms with Crippen molar-refractivity contribution in [1.82, 2.24) is 24.7 Å². The Labute approximate surface area is 121 Å². The maximum absolute atomic E-state index is 4.65. The fraction of sp³-hybridized carbons (Fsp3) is 0.286. The monoisotopic (exact) mass is 281 g/mol. The summed E-state index contributed by atoms with van der Waals surface area (Å²) in [7, 11) is 1.83. The Hall–Kier alpha value is -2.70. The molecule has 1 aromatic carbocycles. The highest BCUT2D eigenvalue weighted by atomic mass is 15.3. The minimum absolute atomic E-state index is 0.635. The first-order chi connectivity index (χ1) is 10.3. The SMILES string of the molecule is CNc1nc(N2CCn3cnnc3C2)c2ccccc2n1. The molecule has 1 aliphatic rings. The number of hydrogen-bond donors (Lipinski definition) is 1. The van der Waals surface area contributed by atoms with Crippen molar-refractivity contribution in [2.24, 2.45) is 0 Å². The van der Waals surface area contributed by atoms with Crippen LogP contribution in [0.25, 0.3) is 10.9 Å². The molecule has 0 saturated heterocycles. The zero-order chi connectivity index (χ0) is 14.2. The van der Waals surface area contributed by atoms with Crippen LogP contribution in [0.1, 0.15) is 5.82 Å². The fourth-order valence-electron chi connectivity index (χ4n) is 2.66. The molecule has 4 rings (SSSR count). The van der Waals surface area contributed by atoms with Gasteiger partial charge in [0.05, 0.1) is 12.1 Å². The first-order valence-electron chi connectivity index (χ1n) is 6.91. The average molecular weight is 281 g/mol. The molecular weight excluding hydrogens is 266 g/mol. The van der Waals surface area contributed by atoms with Gasteiger partial charge in [0.2, 0.25) is 5.95 Å². The number of fused-ring (bicyclic) bond motifs is 2. The summed E-state index contributed by atoms with van der Waals surface area (Å²) in [6.07, 6.45) is 1.78. The lowest BCUT2D eigenvalue weighted by molar-refractivity contribution is 0.557. The van der Waals surface area contributed by atoms with Gasteiger partial charge in [0.15, 0.2) is 5.82 Å². The van der Waals surface area contributed by atoms with Crippen molar-refractivity contribution in [3.8, 4) is 0 Å². The Bertz CT molecular complexity index is 795. The van der Waals surface area contributed by atoms with Gasteiger partial charge in [-0.2, -0.15) is 4.98 Å². The molecule has 3 aromatic rings. The van der Waals surface area contributed by atoms with E-state index in [1.165, 1.54) is 0 Å². The molecular formula is C14H15N7. The van der Waals surface area contributed by atoms with Gasteiger partial charge < -0.3 is 14.8 Å². The number of anilines is 2. The smallest absolute Gasteiger partial charge is 0.224 e. The zero-order valence-electron chi connectivity index (χ0n) is 11.7. The molecule has 106 valence electrons. The lowest BCUT2D eigenvalue weighted by atomic mass is 10.2. The van der Waals surface area contributed by atoms with Crippen LogP contribution in [0.3, 0.4) is 0 Å². The quantitative estimate of drug-likeness (QED) is 0.763. The van der Waals surface area contributed by atoms with E-state index in [2.05, 4.69) is 41.0 Å². The fourth-order valence-corrected chi connectivity index (χ4v) is 2.66. The minimum atomic E-state index is 0.635. The highest BCUT2D eigenvalue weighted by molar-refractivity contribution is 5.90. The molecule has 7 nitrogen and oxygen atoms in total. The normalized spacial score (nSPS) is 14.2. The van der Waals surface area contributed by atoms with Crippen molar-refractivity contribution >= 4 is 22.7 Å². The second-order valence-electron chi connectivity index (χ2n) is 5.00. The van der Waals surface area contributed by atoms with E-state index in [0.29, 0.717) is 12.5 Å². The van der Waals surface area contributed by atoms with Gasteiger partial charge in [-0.25, -0.2) is 4.98 Å². The Morgan fingerprint density at radius 2 is 2.05 bits per heavy atom. The molecule has 1 aliphatic heterocycles. The predicted molar refractivity (Wildman–Crippen MR) is 80.2 cm³/mol. The molecule has 0 bridgehead atoms. The number of hydrogen-bond acceptors (Lipinski definition) is 6. The van der Waals surface area contributed by atoms with Crippen LogP contribution in [-0.4, -0.2) is 38.3 Å². The van der Waals surface area contributed by atoms with Crippen molar-refractivity contribution < 1.29 is 0 Å². The number of benzene rings is 1. The summed E-state index contributed by atoms with van der Waals surface area (Å²) < 4.78 is 2.08. The molecule has 1 N–H and O–H groups in total. The van der Waals surface area contributed by atoms with E-state index in [4.69, 9.17) is 0 Å². The van der Waals surface area contributed by atoms with Gasteiger partial charge in [0, 0.05) is 25.5 Å². The highest BCUT2D eigenvalue weighted by Gasteiger charge is 2.21. The molecule has 0 atom stereocenters. The van der Waals surface area contributed by atoms with Crippen LogP contribution < -0.4 is 10.2 Å². The maximum atomic E-state index is 4.65. The molecule has 7 heteroatoms. The van der Waals surface area contributed by atoms with E-state index in [1.54, 1.807) is 6.33 Å². The van der Waals surface area contributed by atoms with E-state index >= 15 is 0 Å². The summed E-state index contributed by atoms with van der Waals surface area (Å²) in [5.74, 6) is 2.55. The van der Waals surface area contributed by atoms with Crippen LogP contribution in [-0.2, 0) is 13.1 Å². The van der Waals surface area contributed by atoms with Gasteiger partial charge in [-0.3, -0.25) is 0 Å². The van der Waals surface area contributed by atoms with E-state index in [-0.39, 0.29) is 0 Å². The third-order valence-corrected chi connectivity index (χ3v) is 3.75. The number of para-hydroxylation sites is 1. The molecule has 0 aliphatic carbocycles. The van der Waals surface area contributed by atoms with Gasteiger partial charge in [0.25, 0.3) is 0 Å². The Kier molecular flexibility index (Phi) is 2.70. The van der Waals surface area contributed by atoms with E-state index in [9.17, 15) is 0 Å². The summed E-state index contributed by atoms with van der Waals surface area (Å²) in [6.45, 7) is 2.47. The summed E-state index contributed by atoms with van der Waals surface area (Å²) in [4.78, 5) is 11.4. The second kappa shape index (κ2) is 4.69. The van der Waals surface area contributed by atoms with E-state index < -0.39 is 0 Å². The van der Waals surface area contributed by atoms with Crippen LogP contribution >= 0.6 is 0 Å². The maximum Gasteiger partial charge on any atom is 0.224 e. The first kappa shape index (κ1) is 12.1. The van der Waals surface area contributed by atoms with Crippen LogP contribution in [0, 0.1) is 0 Å². The first-order valence-corrected chi connectivity index (χ1v) is 6.91. The Morgan fingerprint density at radius 1 is 1.14 bits per heavy atom. The molecule has 0 amide bonds. The van der Waals surface area contributed by atoms with Crippen LogP contribution in [0.4, 0.5) is 11.8 Å². The molecule has 3 heterocycles. The topological polar surface area (TPSA) is 71.8 Å². The number of aromatic nitrogens is 5. The number of nitrogens with one attached hydrogen (secondary N) is 1. The number of nitrogens with zero attached hydrogens (tertiary/aromatic N) is 6. The van der Waals surface area contributed by atoms with Crippen molar-refractivity contribution in [3.05, 3.63) is 36.4 Å². The van der Waals surface area contributed by atoms with E-state index in [1.807, 2.05) is 25.2 Å². The summed E-state index contributed by atoms with van der Waals surface area (Å²) in [5.41, 5.74) is 0.943. The standard InChI is InChI=1S/C14H15N7/c1-15-14-17-11-5-3-2-4-10(11)13(18-14)20-6-7-21-9-16-19-12(21)8-20/h2-5,9H,6-8H2,1H3,(H,15,17,18). The van der Waals surface area contributed by atoms with Crippen molar-refractivity contribution in [2.75, 3.05) is 23.8 Å². The van der Waals surface area contributed by atoms with Gasteiger partial charge >= 0.3 is 0 Å². The summed E-state index contributed by atoms with van der Waals surface area (Å²) in [5, 5.41) is 12.2. The third kappa shape index (κ3) is 1.97. The van der Waals surface area contributed by atoms with Gasteiger partial charge in [-0.15, -0.1) is 10.2 Å². The minimum Gasteiger partial charge on any atom is -0.357 e. The molecule has 0 saturated carbocycles. The molecule has 0 radical (unpaired) electrons. The number of rotatable bonds is 2. The van der Waals surface area contributed by atoms with Crippen molar-refractivity contribution in [3.63, 3.8) is 0 Å². The molecule has 0 fully saturated rings. The Morgan fingerprint density at radius 3 is 2.95 bits per heavy atom. The lowest BCUT2D eigenvalue weighted by Gasteiger charge is -2.29. The summed E-state index contributed by atoms with van der Waals surface area (Å²) >= 11 is 0. The molecule has 2 aromatic heterocycles. The average Bonchev–Trinajstić information content (AvgIpc) is 3.01. The third-order valence-electron chi connectivity index (χ3n) is 3.75. The predicted octanol–water partition coefficient (Wildman–Crippen LogP) is 1.28. The molecule has 0 spiro atoms. The van der Waals surface area contributed by atoms with Crippen molar-refractivity contribution in [2.45, 2.75) is 13.1 Å². The van der Waals surface area contributed by atoms with Gasteiger partial charge in [-0.05, 0) is 12.1 Å². The second-order valence-corrected chi connectivity index (χ2v) is 5.00. The van der Waals surface area contributed by atoms with Crippen LogP contribution in [0.2, 0.25) is 0 Å². The van der Waals surface area contributed by atoms with Gasteiger partial charge in [0.1, 0.15) is 12.1 Å². The van der Waals surface area contributed by atoms with Crippen LogP contribution in [0.5, 0.6) is 0 Å². The van der Waals surface area contributed by atoms with Crippen LogP contribution in [0.15, 0.2) is 30.6 Å².